The SMILES string of the molecule is Cn1cc(C2(C)CN(c3nccc(Oc4ccc(F)cc4)n3)CCO2)cn1. The van der Waals surface area contributed by atoms with Gasteiger partial charge in [0.05, 0.1) is 19.3 Å². The first-order valence-electron chi connectivity index (χ1n) is 8.66. The van der Waals surface area contributed by atoms with Gasteiger partial charge in [0.1, 0.15) is 17.2 Å². The van der Waals surface area contributed by atoms with Gasteiger partial charge in [-0.25, -0.2) is 9.37 Å². The molecule has 4 rings (SSSR count). The fourth-order valence-electron chi connectivity index (χ4n) is 3.07. The lowest BCUT2D eigenvalue weighted by Crippen LogP contribution is -2.48. The van der Waals surface area contributed by atoms with Gasteiger partial charge in [0, 0.05) is 37.6 Å². The van der Waals surface area contributed by atoms with E-state index in [1.54, 1.807) is 29.1 Å². The third-order valence-corrected chi connectivity index (χ3v) is 4.53. The third-order valence-electron chi connectivity index (χ3n) is 4.53. The Morgan fingerprint density at radius 3 is 2.78 bits per heavy atom. The average molecular weight is 369 g/mol. The molecule has 8 heteroatoms. The molecule has 27 heavy (non-hydrogen) atoms. The third kappa shape index (κ3) is 3.75. The fraction of sp³-hybridized carbons (Fsp3) is 0.316. The Bertz CT molecular complexity index is 930. The maximum atomic E-state index is 13.0. The zero-order valence-electron chi connectivity index (χ0n) is 15.2. The summed E-state index contributed by atoms with van der Waals surface area (Å²) in [4.78, 5) is 10.9. The topological polar surface area (TPSA) is 65.3 Å². The van der Waals surface area contributed by atoms with E-state index in [1.807, 2.05) is 26.4 Å². The number of halogens is 1. The molecule has 0 N–H and O–H groups in total. The van der Waals surface area contributed by atoms with Gasteiger partial charge in [-0.05, 0) is 31.2 Å². The summed E-state index contributed by atoms with van der Waals surface area (Å²) in [5, 5.41) is 4.24. The molecule has 3 aromatic rings. The molecule has 1 aromatic carbocycles. The van der Waals surface area contributed by atoms with Gasteiger partial charge in [0.15, 0.2) is 0 Å². The van der Waals surface area contributed by atoms with Crippen molar-refractivity contribution in [1.29, 1.82) is 0 Å². The summed E-state index contributed by atoms with van der Waals surface area (Å²) in [6, 6.07) is 7.49. The molecule has 1 saturated heterocycles. The van der Waals surface area contributed by atoms with Gasteiger partial charge in [-0.15, -0.1) is 0 Å². The molecule has 140 valence electrons. The van der Waals surface area contributed by atoms with Gasteiger partial charge in [-0.1, -0.05) is 0 Å². The number of anilines is 1. The van der Waals surface area contributed by atoms with Gasteiger partial charge < -0.3 is 14.4 Å². The number of hydrogen-bond acceptors (Lipinski definition) is 6. The highest BCUT2D eigenvalue weighted by Crippen LogP contribution is 2.31. The van der Waals surface area contributed by atoms with Crippen molar-refractivity contribution >= 4 is 5.95 Å². The van der Waals surface area contributed by atoms with Crippen LogP contribution in [0.5, 0.6) is 11.6 Å². The summed E-state index contributed by atoms with van der Waals surface area (Å²) in [5.41, 5.74) is 0.511. The number of morpholine rings is 1. The summed E-state index contributed by atoms with van der Waals surface area (Å²) >= 11 is 0. The van der Waals surface area contributed by atoms with Crippen LogP contribution in [0.2, 0.25) is 0 Å². The van der Waals surface area contributed by atoms with E-state index in [4.69, 9.17) is 9.47 Å². The summed E-state index contributed by atoms with van der Waals surface area (Å²) in [7, 11) is 1.88. The Labute approximate surface area is 156 Å². The van der Waals surface area contributed by atoms with Crippen LogP contribution in [-0.4, -0.2) is 39.4 Å². The monoisotopic (exact) mass is 369 g/mol. The van der Waals surface area contributed by atoms with Crippen LogP contribution in [0.4, 0.5) is 10.3 Å². The molecule has 1 aliphatic heterocycles. The Hall–Kier alpha value is -3.00. The van der Waals surface area contributed by atoms with Crippen molar-refractivity contribution in [1.82, 2.24) is 19.7 Å². The summed E-state index contributed by atoms with van der Waals surface area (Å²) in [6.45, 7) is 3.86. The molecule has 1 unspecified atom stereocenters. The van der Waals surface area contributed by atoms with E-state index in [9.17, 15) is 4.39 Å². The zero-order chi connectivity index (χ0) is 18.9. The smallest absolute Gasteiger partial charge is 0.228 e. The molecule has 0 bridgehead atoms. The lowest BCUT2D eigenvalue weighted by atomic mass is 9.97. The van der Waals surface area contributed by atoms with Gasteiger partial charge in [-0.3, -0.25) is 4.68 Å². The normalized spacial score (nSPS) is 19.9. The Balaban J connectivity index is 1.53. The Kier molecular flexibility index (Phi) is 4.49. The Morgan fingerprint density at radius 1 is 1.22 bits per heavy atom. The highest BCUT2D eigenvalue weighted by atomic mass is 19.1. The number of aromatic nitrogens is 4. The molecular weight excluding hydrogens is 349 g/mol. The summed E-state index contributed by atoms with van der Waals surface area (Å²) in [6.07, 6.45) is 5.43. The number of rotatable bonds is 4. The predicted molar refractivity (Wildman–Crippen MR) is 97.2 cm³/mol. The van der Waals surface area contributed by atoms with E-state index in [-0.39, 0.29) is 5.82 Å². The highest BCUT2D eigenvalue weighted by Gasteiger charge is 2.36. The molecule has 3 heterocycles. The first-order valence-corrected chi connectivity index (χ1v) is 8.66. The predicted octanol–water partition coefficient (Wildman–Crippen LogP) is 2.89. The maximum absolute atomic E-state index is 13.0. The van der Waals surface area contributed by atoms with E-state index in [0.29, 0.717) is 37.3 Å². The van der Waals surface area contributed by atoms with Crippen LogP contribution in [0.25, 0.3) is 0 Å². The molecule has 7 nitrogen and oxygen atoms in total. The van der Waals surface area contributed by atoms with Gasteiger partial charge >= 0.3 is 0 Å². The van der Waals surface area contributed by atoms with Crippen molar-refractivity contribution in [2.45, 2.75) is 12.5 Å². The quantitative estimate of drug-likeness (QED) is 0.705. The van der Waals surface area contributed by atoms with Crippen molar-refractivity contribution in [2.75, 3.05) is 24.6 Å². The molecule has 0 saturated carbocycles. The van der Waals surface area contributed by atoms with Crippen molar-refractivity contribution in [3.05, 3.63) is 60.3 Å². The van der Waals surface area contributed by atoms with Crippen molar-refractivity contribution < 1.29 is 13.9 Å². The minimum atomic E-state index is -0.496. The largest absolute Gasteiger partial charge is 0.439 e. The number of nitrogens with zero attached hydrogens (tertiary/aromatic N) is 5. The number of aryl methyl sites for hydroxylation is 1. The van der Waals surface area contributed by atoms with Crippen molar-refractivity contribution in [3.8, 4) is 11.6 Å². The van der Waals surface area contributed by atoms with Crippen LogP contribution in [-0.2, 0) is 17.4 Å². The average Bonchev–Trinajstić information content (AvgIpc) is 3.11. The van der Waals surface area contributed by atoms with E-state index < -0.39 is 5.60 Å². The summed E-state index contributed by atoms with van der Waals surface area (Å²) in [5.74, 6) is 1.17. The molecular formula is C19H20FN5O2. The van der Waals surface area contributed by atoms with Crippen LogP contribution < -0.4 is 9.64 Å². The first-order chi connectivity index (χ1) is 13.0. The van der Waals surface area contributed by atoms with E-state index in [1.165, 1.54) is 12.1 Å². The zero-order valence-corrected chi connectivity index (χ0v) is 15.2. The lowest BCUT2D eigenvalue weighted by Gasteiger charge is -2.40. The molecule has 0 aliphatic carbocycles. The van der Waals surface area contributed by atoms with Crippen LogP contribution in [0.15, 0.2) is 48.9 Å². The second kappa shape index (κ2) is 6.96. The molecule has 2 aromatic heterocycles. The second-order valence-electron chi connectivity index (χ2n) is 6.65. The van der Waals surface area contributed by atoms with E-state index >= 15 is 0 Å². The van der Waals surface area contributed by atoms with Crippen LogP contribution >= 0.6 is 0 Å². The van der Waals surface area contributed by atoms with Crippen molar-refractivity contribution in [2.24, 2.45) is 7.05 Å². The molecule has 0 amide bonds. The highest BCUT2D eigenvalue weighted by molar-refractivity contribution is 5.36. The maximum Gasteiger partial charge on any atom is 0.228 e. The van der Waals surface area contributed by atoms with Gasteiger partial charge in [0.25, 0.3) is 0 Å². The van der Waals surface area contributed by atoms with Crippen LogP contribution in [0.1, 0.15) is 12.5 Å². The molecule has 1 fully saturated rings. The minimum absolute atomic E-state index is 0.311. The standard InChI is InChI=1S/C19H20FN5O2/c1-19(14-11-22-24(2)12-14)13-25(9-10-26-19)18-21-8-7-17(23-18)27-16-5-3-15(20)4-6-16/h3-8,11-12H,9-10,13H2,1-2H3. The number of hydrogen-bond donors (Lipinski definition) is 0. The lowest BCUT2D eigenvalue weighted by molar-refractivity contribution is -0.0470. The van der Waals surface area contributed by atoms with E-state index in [0.717, 1.165) is 5.56 Å². The van der Waals surface area contributed by atoms with E-state index in [2.05, 4.69) is 20.0 Å². The first kappa shape index (κ1) is 17.4. The number of ether oxygens (including phenoxy) is 2. The van der Waals surface area contributed by atoms with Gasteiger partial charge in [0.2, 0.25) is 11.8 Å². The second-order valence-corrected chi connectivity index (χ2v) is 6.65. The van der Waals surface area contributed by atoms with Crippen LogP contribution in [0, 0.1) is 5.82 Å². The number of benzene rings is 1. The van der Waals surface area contributed by atoms with Crippen LogP contribution in [0.3, 0.4) is 0 Å². The fourth-order valence-corrected chi connectivity index (χ4v) is 3.07. The molecule has 0 spiro atoms. The Morgan fingerprint density at radius 2 is 2.04 bits per heavy atom. The van der Waals surface area contributed by atoms with Crippen molar-refractivity contribution in [3.63, 3.8) is 0 Å². The van der Waals surface area contributed by atoms with Gasteiger partial charge in [-0.2, -0.15) is 10.1 Å². The molecule has 1 atom stereocenters. The molecule has 0 radical (unpaired) electrons. The minimum Gasteiger partial charge on any atom is -0.439 e. The molecule has 1 aliphatic rings. The summed E-state index contributed by atoms with van der Waals surface area (Å²) < 4.78 is 26.6.